The van der Waals surface area contributed by atoms with E-state index in [1.165, 1.54) is 6.07 Å². The molecule has 0 aliphatic heterocycles. The molecule has 1 rings (SSSR count). The Morgan fingerprint density at radius 1 is 1.42 bits per heavy atom. The van der Waals surface area contributed by atoms with Crippen molar-refractivity contribution in [3.63, 3.8) is 0 Å². The van der Waals surface area contributed by atoms with E-state index in [9.17, 15) is 13.2 Å². The van der Waals surface area contributed by atoms with Crippen LogP contribution in [0.4, 0.5) is 18.9 Å². The minimum absolute atomic E-state index is 0.0305. The van der Waals surface area contributed by atoms with Crippen LogP contribution in [-0.2, 0) is 6.18 Å². The van der Waals surface area contributed by atoms with Crippen molar-refractivity contribution < 1.29 is 13.2 Å². The second-order valence-corrected chi connectivity index (χ2v) is 5.43. The summed E-state index contributed by atoms with van der Waals surface area (Å²) in [5.41, 5.74) is 5.66. The first-order chi connectivity index (χ1) is 8.77. The van der Waals surface area contributed by atoms with Crippen LogP contribution in [0.15, 0.2) is 18.2 Å². The van der Waals surface area contributed by atoms with Gasteiger partial charge in [-0.05, 0) is 24.5 Å². The molecular weight excluding hydrogens is 293 g/mol. The van der Waals surface area contributed by atoms with Gasteiger partial charge in [0.1, 0.15) is 4.99 Å². The molecule has 0 radical (unpaired) electrons. The predicted octanol–water partition coefficient (Wildman–Crippen LogP) is 3.14. The summed E-state index contributed by atoms with van der Waals surface area (Å²) >= 11 is 6.50. The Morgan fingerprint density at radius 3 is 2.53 bits per heavy atom. The zero-order valence-corrected chi connectivity index (χ0v) is 12.3. The minimum Gasteiger partial charge on any atom is -0.389 e. The molecule has 0 unspecified atom stereocenters. The molecule has 0 amide bonds. The van der Waals surface area contributed by atoms with Crippen molar-refractivity contribution in [2.24, 2.45) is 5.73 Å². The van der Waals surface area contributed by atoms with Crippen molar-refractivity contribution in [3.8, 4) is 0 Å². The van der Waals surface area contributed by atoms with E-state index in [4.69, 9.17) is 18.0 Å². The molecule has 0 saturated heterocycles. The molecule has 1 aromatic rings. The van der Waals surface area contributed by atoms with Crippen molar-refractivity contribution in [2.45, 2.75) is 6.18 Å². The fraction of sp³-hybridized carbons (Fsp3) is 0.417. The van der Waals surface area contributed by atoms with Gasteiger partial charge in [0, 0.05) is 30.6 Å². The molecule has 0 spiro atoms. The molecule has 2 N–H and O–H groups in total. The van der Waals surface area contributed by atoms with Crippen LogP contribution in [0.25, 0.3) is 0 Å². The third kappa shape index (κ3) is 4.28. The number of thioether (sulfide) groups is 1. The second kappa shape index (κ2) is 6.47. The van der Waals surface area contributed by atoms with Gasteiger partial charge in [-0.25, -0.2) is 0 Å². The Kier molecular flexibility index (Phi) is 5.49. The van der Waals surface area contributed by atoms with Crippen LogP contribution in [0.1, 0.15) is 11.1 Å². The van der Waals surface area contributed by atoms with Gasteiger partial charge in [-0.1, -0.05) is 12.2 Å². The number of rotatable bonds is 5. The Labute approximate surface area is 120 Å². The van der Waals surface area contributed by atoms with Gasteiger partial charge < -0.3 is 10.6 Å². The third-order valence-corrected chi connectivity index (χ3v) is 3.44. The Bertz CT molecular complexity index is 461. The lowest BCUT2D eigenvalue weighted by atomic mass is 10.1. The molecule has 1 aromatic carbocycles. The van der Waals surface area contributed by atoms with E-state index >= 15 is 0 Å². The number of alkyl halides is 3. The number of nitrogens with zero attached hydrogens (tertiary/aromatic N) is 1. The number of anilines is 1. The summed E-state index contributed by atoms with van der Waals surface area (Å²) < 4.78 is 38.0. The molecule has 0 bridgehead atoms. The van der Waals surface area contributed by atoms with Crippen LogP contribution >= 0.6 is 24.0 Å². The average Bonchev–Trinajstić information content (AvgIpc) is 2.34. The third-order valence-electron chi connectivity index (χ3n) is 2.63. The highest BCUT2D eigenvalue weighted by Crippen LogP contribution is 2.32. The summed E-state index contributed by atoms with van der Waals surface area (Å²) in [7, 11) is 1.81. The van der Waals surface area contributed by atoms with Crippen LogP contribution in [0.3, 0.4) is 0 Å². The Hall–Kier alpha value is -0.950. The quantitative estimate of drug-likeness (QED) is 0.846. The normalized spacial score (nSPS) is 11.4. The largest absolute Gasteiger partial charge is 0.416 e. The SMILES string of the molecule is CSCCN(C)c1ccc(C(F)(F)F)cc1C(N)=S. The zero-order valence-electron chi connectivity index (χ0n) is 10.6. The van der Waals surface area contributed by atoms with E-state index in [1.54, 1.807) is 18.8 Å². The number of nitrogens with two attached hydrogens (primary N) is 1. The van der Waals surface area contributed by atoms with Gasteiger partial charge >= 0.3 is 6.18 Å². The molecule has 0 fully saturated rings. The summed E-state index contributed by atoms with van der Waals surface area (Å²) in [4.78, 5) is 1.82. The van der Waals surface area contributed by atoms with Crippen molar-refractivity contribution in [1.82, 2.24) is 0 Å². The number of benzene rings is 1. The molecule has 0 aliphatic rings. The van der Waals surface area contributed by atoms with Crippen LogP contribution in [0, 0.1) is 0 Å². The van der Waals surface area contributed by atoms with E-state index in [1.807, 2.05) is 11.2 Å². The first-order valence-electron chi connectivity index (χ1n) is 5.48. The van der Waals surface area contributed by atoms with Gasteiger partial charge in [0.25, 0.3) is 0 Å². The van der Waals surface area contributed by atoms with Gasteiger partial charge in [0.2, 0.25) is 0 Å². The molecule has 19 heavy (non-hydrogen) atoms. The summed E-state index contributed by atoms with van der Waals surface area (Å²) in [6, 6.07) is 3.47. The fourth-order valence-corrected chi connectivity index (χ4v) is 2.21. The van der Waals surface area contributed by atoms with E-state index < -0.39 is 11.7 Å². The summed E-state index contributed by atoms with van der Waals surface area (Å²) in [6.07, 6.45) is -2.43. The summed E-state index contributed by atoms with van der Waals surface area (Å²) in [5.74, 6) is 0.869. The van der Waals surface area contributed by atoms with Crippen LogP contribution < -0.4 is 10.6 Å². The highest BCUT2D eigenvalue weighted by atomic mass is 32.2. The highest BCUT2D eigenvalue weighted by molar-refractivity contribution is 7.98. The predicted molar refractivity (Wildman–Crippen MR) is 79.0 cm³/mol. The maximum absolute atomic E-state index is 12.7. The van der Waals surface area contributed by atoms with Gasteiger partial charge in [0.15, 0.2) is 0 Å². The molecule has 106 valence electrons. The molecular formula is C12H15F3N2S2. The standard InChI is InChI=1S/C12H15F3N2S2/c1-17(5-6-19-2)10-4-3-8(12(13,14)15)7-9(10)11(16)18/h3-4,7H,5-6H2,1-2H3,(H2,16,18). The minimum atomic E-state index is -4.39. The van der Waals surface area contributed by atoms with E-state index in [0.29, 0.717) is 12.2 Å². The first-order valence-corrected chi connectivity index (χ1v) is 7.28. The fourth-order valence-electron chi connectivity index (χ4n) is 1.59. The van der Waals surface area contributed by atoms with Crippen molar-refractivity contribution in [2.75, 3.05) is 30.5 Å². The maximum atomic E-state index is 12.7. The number of thiocarbonyl (C=S) groups is 1. The lowest BCUT2D eigenvalue weighted by Crippen LogP contribution is -2.24. The molecule has 0 saturated carbocycles. The summed E-state index contributed by atoms with van der Waals surface area (Å²) in [5, 5.41) is 0. The monoisotopic (exact) mass is 308 g/mol. The van der Waals surface area contributed by atoms with Gasteiger partial charge in [-0.3, -0.25) is 0 Å². The lowest BCUT2D eigenvalue weighted by molar-refractivity contribution is -0.137. The Balaban J connectivity index is 3.15. The molecule has 2 nitrogen and oxygen atoms in total. The number of hydrogen-bond donors (Lipinski definition) is 1. The van der Waals surface area contributed by atoms with Crippen LogP contribution in [-0.4, -0.2) is 30.6 Å². The Morgan fingerprint density at radius 2 is 2.05 bits per heavy atom. The zero-order chi connectivity index (χ0) is 14.6. The van der Waals surface area contributed by atoms with E-state index in [2.05, 4.69) is 0 Å². The first kappa shape index (κ1) is 16.1. The maximum Gasteiger partial charge on any atom is 0.416 e. The van der Waals surface area contributed by atoms with Crippen LogP contribution in [0.5, 0.6) is 0 Å². The topological polar surface area (TPSA) is 29.3 Å². The second-order valence-electron chi connectivity index (χ2n) is 4.01. The molecule has 0 aromatic heterocycles. The van der Waals surface area contributed by atoms with E-state index in [-0.39, 0.29) is 10.6 Å². The number of hydrogen-bond acceptors (Lipinski definition) is 3. The van der Waals surface area contributed by atoms with E-state index in [0.717, 1.165) is 17.9 Å². The molecule has 0 aliphatic carbocycles. The molecule has 7 heteroatoms. The van der Waals surface area contributed by atoms with Crippen molar-refractivity contribution in [1.29, 1.82) is 0 Å². The van der Waals surface area contributed by atoms with Crippen LogP contribution in [0.2, 0.25) is 0 Å². The van der Waals surface area contributed by atoms with Crippen molar-refractivity contribution in [3.05, 3.63) is 29.3 Å². The lowest BCUT2D eigenvalue weighted by Gasteiger charge is -2.22. The average molecular weight is 308 g/mol. The van der Waals surface area contributed by atoms with Crippen molar-refractivity contribution >= 4 is 34.7 Å². The molecule has 0 heterocycles. The smallest absolute Gasteiger partial charge is 0.389 e. The summed E-state index contributed by atoms with van der Waals surface area (Å²) in [6.45, 7) is 0.710. The highest BCUT2D eigenvalue weighted by Gasteiger charge is 2.31. The van der Waals surface area contributed by atoms with Gasteiger partial charge in [0.05, 0.1) is 5.56 Å². The van der Waals surface area contributed by atoms with Gasteiger partial charge in [-0.2, -0.15) is 24.9 Å². The number of halogens is 3. The molecule has 0 atom stereocenters. The van der Waals surface area contributed by atoms with Gasteiger partial charge in [-0.15, -0.1) is 0 Å².